The minimum Gasteiger partial charge on any atom is -0.466 e. The van der Waals surface area contributed by atoms with Crippen molar-refractivity contribution < 1.29 is 18.7 Å². The Bertz CT molecular complexity index is 702. The van der Waals surface area contributed by atoms with Crippen LogP contribution in [0, 0.1) is 20.8 Å². The summed E-state index contributed by atoms with van der Waals surface area (Å²) in [6.45, 7) is 7.62. The number of carbonyl (C=O) groups is 2. The molecular formula is C15H18N2O4S. The lowest BCUT2D eigenvalue weighted by Gasteiger charge is -2.01. The number of hydrogen-bond acceptors (Lipinski definition) is 6. The summed E-state index contributed by atoms with van der Waals surface area (Å²) < 4.78 is 10.3. The Hall–Kier alpha value is -2.15. The number of furan rings is 1. The molecule has 2 aromatic heterocycles. The SMILES string of the molecule is CCOC(=O)c1sc(CNC(=O)c2cc(C)oc2C)nc1C. The summed E-state index contributed by atoms with van der Waals surface area (Å²) in [4.78, 5) is 28.6. The molecule has 6 nitrogen and oxygen atoms in total. The normalized spacial score (nSPS) is 10.5. The summed E-state index contributed by atoms with van der Waals surface area (Å²) >= 11 is 1.23. The van der Waals surface area contributed by atoms with Crippen LogP contribution in [0.25, 0.3) is 0 Å². The molecule has 0 aliphatic heterocycles. The van der Waals surface area contributed by atoms with E-state index in [9.17, 15) is 9.59 Å². The first-order valence-electron chi connectivity index (χ1n) is 6.91. The minimum absolute atomic E-state index is 0.222. The summed E-state index contributed by atoms with van der Waals surface area (Å²) in [5.41, 5.74) is 1.12. The maximum absolute atomic E-state index is 12.1. The number of nitrogens with zero attached hydrogens (tertiary/aromatic N) is 1. The van der Waals surface area contributed by atoms with Crippen molar-refractivity contribution in [3.05, 3.63) is 38.7 Å². The molecule has 0 spiro atoms. The van der Waals surface area contributed by atoms with Gasteiger partial charge in [0.2, 0.25) is 0 Å². The fourth-order valence-corrected chi connectivity index (χ4v) is 2.92. The summed E-state index contributed by atoms with van der Waals surface area (Å²) in [5.74, 6) is 0.672. The molecule has 0 saturated heterocycles. The van der Waals surface area contributed by atoms with Crippen molar-refractivity contribution >= 4 is 23.2 Å². The summed E-state index contributed by atoms with van der Waals surface area (Å²) in [7, 11) is 0. The third-order valence-corrected chi connectivity index (χ3v) is 4.12. The molecule has 0 unspecified atom stereocenters. The van der Waals surface area contributed by atoms with Crippen molar-refractivity contribution in [1.29, 1.82) is 0 Å². The molecule has 0 atom stereocenters. The highest BCUT2D eigenvalue weighted by atomic mass is 32.1. The predicted molar refractivity (Wildman–Crippen MR) is 82.2 cm³/mol. The van der Waals surface area contributed by atoms with Gasteiger partial charge in [0.25, 0.3) is 5.91 Å². The Labute approximate surface area is 132 Å². The van der Waals surface area contributed by atoms with Gasteiger partial charge in [-0.1, -0.05) is 0 Å². The van der Waals surface area contributed by atoms with E-state index in [-0.39, 0.29) is 18.4 Å². The standard InChI is InChI=1S/C15H18N2O4S/c1-5-20-15(19)13-9(3)17-12(22-13)7-16-14(18)11-6-8(2)21-10(11)4/h6H,5,7H2,1-4H3,(H,16,18). The minimum atomic E-state index is -0.378. The molecule has 1 N–H and O–H groups in total. The van der Waals surface area contributed by atoms with E-state index < -0.39 is 0 Å². The smallest absolute Gasteiger partial charge is 0.350 e. The van der Waals surface area contributed by atoms with Crippen molar-refractivity contribution in [3.8, 4) is 0 Å². The lowest BCUT2D eigenvalue weighted by molar-refractivity contribution is 0.0531. The predicted octanol–water partition coefficient (Wildman–Crippen LogP) is 2.77. The molecule has 2 rings (SSSR count). The molecule has 22 heavy (non-hydrogen) atoms. The molecule has 0 saturated carbocycles. The zero-order chi connectivity index (χ0) is 16.3. The van der Waals surface area contributed by atoms with E-state index in [0.29, 0.717) is 39.3 Å². The van der Waals surface area contributed by atoms with Crippen LogP contribution in [0.1, 0.15) is 49.2 Å². The van der Waals surface area contributed by atoms with E-state index >= 15 is 0 Å². The Morgan fingerprint density at radius 1 is 1.36 bits per heavy atom. The van der Waals surface area contributed by atoms with Gasteiger partial charge in [0.1, 0.15) is 21.4 Å². The van der Waals surface area contributed by atoms with Crippen LogP contribution in [0.4, 0.5) is 0 Å². The van der Waals surface area contributed by atoms with E-state index in [1.54, 1.807) is 33.8 Å². The maximum atomic E-state index is 12.1. The lowest BCUT2D eigenvalue weighted by atomic mass is 10.2. The van der Waals surface area contributed by atoms with Crippen molar-refractivity contribution in [3.63, 3.8) is 0 Å². The lowest BCUT2D eigenvalue weighted by Crippen LogP contribution is -2.22. The van der Waals surface area contributed by atoms with Crippen LogP contribution in [0.3, 0.4) is 0 Å². The van der Waals surface area contributed by atoms with Gasteiger partial charge in [-0.3, -0.25) is 4.79 Å². The molecule has 2 heterocycles. The fraction of sp³-hybridized carbons (Fsp3) is 0.400. The van der Waals surface area contributed by atoms with Crippen molar-refractivity contribution in [2.45, 2.75) is 34.2 Å². The zero-order valence-electron chi connectivity index (χ0n) is 13.0. The number of ether oxygens (including phenoxy) is 1. The van der Waals surface area contributed by atoms with E-state index in [1.807, 2.05) is 0 Å². The zero-order valence-corrected chi connectivity index (χ0v) is 13.8. The van der Waals surface area contributed by atoms with E-state index in [1.165, 1.54) is 11.3 Å². The number of hydrogen-bond donors (Lipinski definition) is 1. The van der Waals surface area contributed by atoms with Gasteiger partial charge < -0.3 is 14.5 Å². The number of esters is 1. The number of aryl methyl sites for hydroxylation is 3. The molecule has 7 heteroatoms. The van der Waals surface area contributed by atoms with Crippen LogP contribution in [-0.4, -0.2) is 23.5 Å². The topological polar surface area (TPSA) is 81.4 Å². The van der Waals surface area contributed by atoms with Gasteiger partial charge in [0, 0.05) is 0 Å². The van der Waals surface area contributed by atoms with Crippen molar-refractivity contribution in [2.75, 3.05) is 6.61 Å². The largest absolute Gasteiger partial charge is 0.466 e. The first kappa shape index (κ1) is 16.2. The quantitative estimate of drug-likeness (QED) is 0.856. The molecule has 0 bridgehead atoms. The molecule has 118 valence electrons. The number of rotatable bonds is 5. The third-order valence-electron chi connectivity index (χ3n) is 2.99. The summed E-state index contributed by atoms with van der Waals surface area (Å²) in [6, 6.07) is 1.70. The van der Waals surface area contributed by atoms with Crippen LogP contribution in [0.5, 0.6) is 0 Å². The average Bonchev–Trinajstić information content (AvgIpc) is 2.99. The van der Waals surface area contributed by atoms with Gasteiger partial charge in [0.05, 0.1) is 24.4 Å². The highest BCUT2D eigenvalue weighted by Crippen LogP contribution is 2.19. The van der Waals surface area contributed by atoms with E-state index in [0.717, 1.165) is 0 Å². The van der Waals surface area contributed by atoms with Crippen LogP contribution < -0.4 is 5.32 Å². The number of thiazole rings is 1. The number of carbonyl (C=O) groups excluding carboxylic acids is 2. The van der Waals surface area contributed by atoms with E-state index in [2.05, 4.69) is 10.3 Å². The molecule has 0 radical (unpaired) electrons. The molecule has 0 aromatic carbocycles. The number of aromatic nitrogens is 1. The first-order valence-corrected chi connectivity index (χ1v) is 7.72. The molecule has 0 aliphatic rings. The van der Waals surface area contributed by atoms with E-state index in [4.69, 9.17) is 9.15 Å². The van der Waals surface area contributed by atoms with Gasteiger partial charge in [0.15, 0.2) is 0 Å². The monoisotopic (exact) mass is 322 g/mol. The Morgan fingerprint density at radius 2 is 2.09 bits per heavy atom. The second kappa shape index (κ2) is 6.74. The number of amides is 1. The van der Waals surface area contributed by atoms with Gasteiger partial charge in [-0.05, 0) is 33.8 Å². The molecule has 0 fully saturated rings. The van der Waals surface area contributed by atoms with Crippen molar-refractivity contribution in [1.82, 2.24) is 10.3 Å². The first-order chi connectivity index (χ1) is 10.4. The molecular weight excluding hydrogens is 304 g/mol. The van der Waals surface area contributed by atoms with Crippen LogP contribution in [0.2, 0.25) is 0 Å². The van der Waals surface area contributed by atoms with Crippen LogP contribution >= 0.6 is 11.3 Å². The van der Waals surface area contributed by atoms with Gasteiger partial charge in [-0.2, -0.15) is 0 Å². The number of nitrogens with one attached hydrogen (secondary N) is 1. The molecule has 1 amide bonds. The Morgan fingerprint density at radius 3 is 2.68 bits per heavy atom. The fourth-order valence-electron chi connectivity index (χ4n) is 2.02. The van der Waals surface area contributed by atoms with Crippen LogP contribution in [-0.2, 0) is 11.3 Å². The van der Waals surface area contributed by atoms with Gasteiger partial charge >= 0.3 is 5.97 Å². The third kappa shape index (κ3) is 3.54. The highest BCUT2D eigenvalue weighted by Gasteiger charge is 2.18. The Balaban J connectivity index is 2.03. The molecule has 0 aliphatic carbocycles. The molecule has 2 aromatic rings. The van der Waals surface area contributed by atoms with Gasteiger partial charge in [-0.25, -0.2) is 9.78 Å². The summed E-state index contributed by atoms with van der Waals surface area (Å²) in [6.07, 6.45) is 0. The summed E-state index contributed by atoms with van der Waals surface area (Å²) in [5, 5.41) is 3.44. The second-order valence-electron chi connectivity index (χ2n) is 4.75. The second-order valence-corrected chi connectivity index (χ2v) is 5.84. The average molecular weight is 322 g/mol. The van der Waals surface area contributed by atoms with Crippen LogP contribution in [0.15, 0.2) is 10.5 Å². The highest BCUT2D eigenvalue weighted by molar-refractivity contribution is 7.13. The van der Waals surface area contributed by atoms with Crippen molar-refractivity contribution in [2.24, 2.45) is 0 Å². The Kier molecular flexibility index (Phi) is 4.97. The van der Waals surface area contributed by atoms with Gasteiger partial charge in [-0.15, -0.1) is 11.3 Å². The maximum Gasteiger partial charge on any atom is 0.350 e.